The van der Waals surface area contributed by atoms with E-state index in [0.717, 1.165) is 30.2 Å². The van der Waals surface area contributed by atoms with Crippen molar-refractivity contribution in [3.63, 3.8) is 0 Å². The van der Waals surface area contributed by atoms with Gasteiger partial charge in [-0.25, -0.2) is 4.68 Å². The summed E-state index contributed by atoms with van der Waals surface area (Å²) < 4.78 is 13.1. The first-order valence-corrected chi connectivity index (χ1v) is 7.15. The highest BCUT2D eigenvalue weighted by Gasteiger charge is 2.32. The third kappa shape index (κ3) is 2.82. The maximum atomic E-state index is 6.05. The number of hydrogen-bond donors (Lipinski definition) is 1. The topological polar surface area (TPSA) is 65.5 Å². The molecule has 114 valence electrons. The van der Waals surface area contributed by atoms with Gasteiger partial charge in [-0.3, -0.25) is 4.90 Å². The van der Waals surface area contributed by atoms with E-state index in [9.17, 15) is 0 Å². The third-order valence-corrected chi connectivity index (χ3v) is 3.85. The summed E-state index contributed by atoms with van der Waals surface area (Å²) >= 11 is 0. The molecule has 3 unspecified atom stereocenters. The molecule has 0 spiro atoms. The number of ether oxygens (including phenoxy) is 2. The molecule has 2 rings (SSSR count). The summed E-state index contributed by atoms with van der Waals surface area (Å²) in [5, 5.41) is 4.46. The number of methoxy groups -OCH3 is 1. The normalized spacial score (nSPS) is 25.7. The summed E-state index contributed by atoms with van der Waals surface area (Å²) in [6.07, 6.45) is 0.437. The van der Waals surface area contributed by atoms with Gasteiger partial charge in [0.1, 0.15) is 0 Å². The zero-order valence-electron chi connectivity index (χ0n) is 13.1. The lowest BCUT2D eigenvalue weighted by Crippen LogP contribution is -2.48. The number of aryl methyl sites for hydroxylation is 2. The Hall–Kier alpha value is -1.11. The van der Waals surface area contributed by atoms with E-state index in [-0.39, 0.29) is 18.2 Å². The highest BCUT2D eigenvalue weighted by Crippen LogP contribution is 2.32. The average molecular weight is 282 g/mol. The van der Waals surface area contributed by atoms with Crippen LogP contribution in [-0.2, 0) is 11.8 Å². The van der Waals surface area contributed by atoms with Crippen molar-refractivity contribution in [1.29, 1.82) is 0 Å². The fraction of sp³-hybridized carbons (Fsp3) is 0.786. The average Bonchev–Trinajstić information content (AvgIpc) is 2.64. The van der Waals surface area contributed by atoms with Crippen molar-refractivity contribution >= 4 is 0 Å². The Kier molecular flexibility index (Phi) is 4.67. The Bertz CT molecular complexity index is 450. The number of aromatic nitrogens is 2. The van der Waals surface area contributed by atoms with Crippen molar-refractivity contribution in [2.75, 3.05) is 26.7 Å². The van der Waals surface area contributed by atoms with Crippen LogP contribution in [0.2, 0.25) is 0 Å². The molecular formula is C14H26N4O2. The molecule has 1 aliphatic rings. The molecule has 0 saturated carbocycles. The van der Waals surface area contributed by atoms with E-state index < -0.39 is 0 Å². The Morgan fingerprint density at radius 3 is 2.50 bits per heavy atom. The molecular weight excluding hydrogens is 256 g/mol. The maximum absolute atomic E-state index is 6.05. The molecule has 0 amide bonds. The molecule has 0 aromatic carbocycles. The number of nitrogens with zero attached hydrogens (tertiary/aromatic N) is 3. The predicted octanol–water partition coefficient (Wildman–Crippen LogP) is 0.846. The fourth-order valence-corrected chi connectivity index (χ4v) is 3.20. The van der Waals surface area contributed by atoms with Crippen LogP contribution in [0.3, 0.4) is 0 Å². The van der Waals surface area contributed by atoms with E-state index in [4.69, 9.17) is 15.2 Å². The van der Waals surface area contributed by atoms with Gasteiger partial charge in [0.2, 0.25) is 5.88 Å². The summed E-state index contributed by atoms with van der Waals surface area (Å²) in [4.78, 5) is 2.38. The zero-order valence-corrected chi connectivity index (χ0v) is 13.1. The molecule has 1 fully saturated rings. The Balaban J connectivity index is 2.32. The first-order valence-electron chi connectivity index (χ1n) is 7.15. The minimum Gasteiger partial charge on any atom is -0.481 e. The van der Waals surface area contributed by atoms with Crippen molar-refractivity contribution in [1.82, 2.24) is 14.7 Å². The predicted molar refractivity (Wildman–Crippen MR) is 77.9 cm³/mol. The number of nitrogens with two attached hydrogens (primary N) is 1. The molecule has 20 heavy (non-hydrogen) atoms. The van der Waals surface area contributed by atoms with Crippen LogP contribution in [0, 0.1) is 6.92 Å². The SMILES string of the molecule is COc1c(C(CN)N2CC(C)OC(C)C2)c(C)nn1C. The molecule has 3 atom stereocenters. The molecule has 1 aromatic heterocycles. The third-order valence-electron chi connectivity index (χ3n) is 3.85. The maximum Gasteiger partial charge on any atom is 0.216 e. The van der Waals surface area contributed by atoms with Crippen LogP contribution < -0.4 is 10.5 Å². The first-order chi connectivity index (χ1) is 9.47. The zero-order chi connectivity index (χ0) is 14.9. The van der Waals surface area contributed by atoms with E-state index in [1.807, 2.05) is 14.0 Å². The van der Waals surface area contributed by atoms with Gasteiger partial charge in [0, 0.05) is 26.7 Å². The molecule has 1 aliphatic heterocycles. The lowest BCUT2D eigenvalue weighted by Gasteiger charge is -2.39. The van der Waals surface area contributed by atoms with Gasteiger partial charge >= 0.3 is 0 Å². The minimum absolute atomic E-state index is 0.118. The van der Waals surface area contributed by atoms with Crippen LogP contribution >= 0.6 is 0 Å². The van der Waals surface area contributed by atoms with Gasteiger partial charge < -0.3 is 15.2 Å². The van der Waals surface area contributed by atoms with Gasteiger partial charge in [-0.05, 0) is 20.8 Å². The van der Waals surface area contributed by atoms with Crippen molar-refractivity contribution in [2.45, 2.75) is 39.0 Å². The summed E-state index contributed by atoms with van der Waals surface area (Å²) in [5.41, 5.74) is 8.13. The van der Waals surface area contributed by atoms with Crippen LogP contribution in [0.4, 0.5) is 0 Å². The van der Waals surface area contributed by atoms with Crippen LogP contribution in [0.1, 0.15) is 31.1 Å². The standard InChI is InChI=1S/C14H26N4O2/c1-9-7-18(8-10(2)20-9)12(6-15)13-11(3)16-17(4)14(13)19-5/h9-10,12H,6-8,15H2,1-5H3. The molecule has 0 bridgehead atoms. The highest BCUT2D eigenvalue weighted by molar-refractivity contribution is 5.34. The summed E-state index contributed by atoms with van der Waals surface area (Å²) in [5.74, 6) is 0.796. The highest BCUT2D eigenvalue weighted by atomic mass is 16.5. The van der Waals surface area contributed by atoms with Crippen molar-refractivity contribution < 1.29 is 9.47 Å². The second-order valence-corrected chi connectivity index (χ2v) is 5.59. The number of rotatable bonds is 4. The van der Waals surface area contributed by atoms with Gasteiger partial charge in [0.15, 0.2) is 0 Å². The van der Waals surface area contributed by atoms with Gasteiger partial charge in [0.25, 0.3) is 0 Å². The van der Waals surface area contributed by atoms with E-state index in [0.29, 0.717) is 6.54 Å². The largest absolute Gasteiger partial charge is 0.481 e. The molecule has 1 aromatic rings. The lowest BCUT2D eigenvalue weighted by atomic mass is 10.0. The number of morpholine rings is 1. The molecule has 0 aliphatic carbocycles. The summed E-state index contributed by atoms with van der Waals surface area (Å²) in [6.45, 7) is 8.51. The molecule has 1 saturated heterocycles. The fourth-order valence-electron chi connectivity index (χ4n) is 3.20. The summed E-state index contributed by atoms with van der Waals surface area (Å²) in [7, 11) is 3.57. The van der Waals surface area contributed by atoms with Crippen LogP contribution in [-0.4, -0.2) is 53.6 Å². The van der Waals surface area contributed by atoms with Crippen LogP contribution in [0.25, 0.3) is 0 Å². The van der Waals surface area contributed by atoms with E-state index in [2.05, 4.69) is 23.8 Å². The van der Waals surface area contributed by atoms with Gasteiger partial charge in [-0.2, -0.15) is 5.10 Å². The number of hydrogen-bond acceptors (Lipinski definition) is 5. The first kappa shape index (κ1) is 15.3. The molecule has 0 radical (unpaired) electrons. The molecule has 2 N–H and O–H groups in total. The van der Waals surface area contributed by atoms with E-state index in [1.54, 1.807) is 11.8 Å². The summed E-state index contributed by atoms with van der Waals surface area (Å²) in [6, 6.07) is 0.118. The smallest absolute Gasteiger partial charge is 0.216 e. The molecule has 2 heterocycles. The van der Waals surface area contributed by atoms with Crippen LogP contribution in [0.15, 0.2) is 0 Å². The van der Waals surface area contributed by atoms with E-state index in [1.165, 1.54) is 0 Å². The quantitative estimate of drug-likeness (QED) is 0.887. The van der Waals surface area contributed by atoms with Crippen LogP contribution in [0.5, 0.6) is 5.88 Å². The van der Waals surface area contributed by atoms with Crippen molar-refractivity contribution in [3.8, 4) is 5.88 Å². The van der Waals surface area contributed by atoms with Crippen molar-refractivity contribution in [3.05, 3.63) is 11.3 Å². The second kappa shape index (κ2) is 6.11. The van der Waals surface area contributed by atoms with Gasteiger partial charge in [-0.1, -0.05) is 0 Å². The molecule has 6 heteroatoms. The minimum atomic E-state index is 0.118. The Morgan fingerprint density at radius 1 is 1.40 bits per heavy atom. The Labute approximate surface area is 120 Å². The monoisotopic (exact) mass is 282 g/mol. The van der Waals surface area contributed by atoms with Gasteiger partial charge in [0.05, 0.1) is 36.6 Å². The lowest BCUT2D eigenvalue weighted by molar-refractivity contribution is -0.0801. The van der Waals surface area contributed by atoms with Gasteiger partial charge in [-0.15, -0.1) is 0 Å². The molecule has 6 nitrogen and oxygen atoms in total. The Morgan fingerprint density at radius 2 is 2.00 bits per heavy atom. The second-order valence-electron chi connectivity index (χ2n) is 5.59. The van der Waals surface area contributed by atoms with Crippen molar-refractivity contribution in [2.24, 2.45) is 12.8 Å². The van der Waals surface area contributed by atoms with E-state index >= 15 is 0 Å².